The van der Waals surface area contributed by atoms with Crippen LogP contribution in [-0.2, 0) is 9.53 Å². The zero-order valence-electron chi connectivity index (χ0n) is 16.5. The van der Waals surface area contributed by atoms with Crippen LogP contribution in [0.15, 0.2) is 4.99 Å². The van der Waals surface area contributed by atoms with E-state index < -0.39 is 0 Å². The van der Waals surface area contributed by atoms with Crippen LogP contribution in [0.2, 0.25) is 0 Å². The maximum absolute atomic E-state index is 11.8. The van der Waals surface area contributed by atoms with Crippen molar-refractivity contribution in [2.75, 3.05) is 45.9 Å². The first-order valence-corrected chi connectivity index (χ1v) is 9.88. The summed E-state index contributed by atoms with van der Waals surface area (Å²) in [6, 6.07) is 0.304. The Morgan fingerprint density at radius 2 is 2.00 bits per heavy atom. The molecule has 2 heterocycles. The lowest BCUT2D eigenvalue weighted by Crippen LogP contribution is -2.50. The molecule has 2 N–H and O–H groups in total. The third-order valence-electron chi connectivity index (χ3n) is 4.73. The maximum Gasteiger partial charge on any atom is 0.409 e. The molecule has 27 heavy (non-hydrogen) atoms. The van der Waals surface area contributed by atoms with Crippen molar-refractivity contribution in [3.8, 4) is 0 Å². The highest BCUT2D eigenvalue weighted by atomic mass is 127. The number of guanidine groups is 1. The number of halogens is 1. The summed E-state index contributed by atoms with van der Waals surface area (Å²) in [5.74, 6) is 1.09. The molecule has 2 aliphatic heterocycles. The molecule has 8 nitrogen and oxygen atoms in total. The number of amides is 2. The van der Waals surface area contributed by atoms with E-state index in [0.717, 1.165) is 51.3 Å². The van der Waals surface area contributed by atoms with Gasteiger partial charge < -0.3 is 25.2 Å². The van der Waals surface area contributed by atoms with Crippen molar-refractivity contribution in [2.45, 2.75) is 52.0 Å². The first kappa shape index (κ1) is 23.8. The molecule has 0 aliphatic carbocycles. The molecule has 2 amide bonds. The van der Waals surface area contributed by atoms with E-state index in [4.69, 9.17) is 4.74 Å². The summed E-state index contributed by atoms with van der Waals surface area (Å²) in [6.07, 6.45) is 4.10. The summed E-state index contributed by atoms with van der Waals surface area (Å²) in [6.45, 7) is 8.87. The van der Waals surface area contributed by atoms with Crippen molar-refractivity contribution < 1.29 is 14.3 Å². The maximum atomic E-state index is 11.8. The number of nitrogens with zero attached hydrogens (tertiary/aromatic N) is 3. The molecule has 2 aliphatic rings. The second-order valence-corrected chi connectivity index (χ2v) is 6.70. The van der Waals surface area contributed by atoms with Gasteiger partial charge in [-0.25, -0.2) is 4.79 Å². The summed E-state index contributed by atoms with van der Waals surface area (Å²) in [7, 11) is 0. The van der Waals surface area contributed by atoms with E-state index in [1.807, 2.05) is 18.7 Å². The molecule has 0 unspecified atom stereocenters. The van der Waals surface area contributed by atoms with Crippen LogP contribution in [0.5, 0.6) is 0 Å². The van der Waals surface area contributed by atoms with Gasteiger partial charge in [-0.2, -0.15) is 0 Å². The number of rotatable bonds is 7. The Balaban J connectivity index is 0.00000364. The molecule has 0 radical (unpaired) electrons. The van der Waals surface area contributed by atoms with E-state index in [1.165, 1.54) is 0 Å². The van der Waals surface area contributed by atoms with Gasteiger partial charge in [-0.05, 0) is 39.5 Å². The van der Waals surface area contributed by atoms with Gasteiger partial charge >= 0.3 is 6.09 Å². The van der Waals surface area contributed by atoms with Crippen molar-refractivity contribution in [1.82, 2.24) is 20.4 Å². The number of aliphatic imine (C=N–C) groups is 1. The number of ether oxygens (including phenoxy) is 1. The van der Waals surface area contributed by atoms with Gasteiger partial charge in [0.1, 0.15) is 0 Å². The Kier molecular flexibility index (Phi) is 11.5. The predicted octanol–water partition coefficient (Wildman–Crippen LogP) is 1.79. The Labute approximate surface area is 179 Å². The zero-order valence-corrected chi connectivity index (χ0v) is 18.9. The molecule has 2 fully saturated rings. The normalized spacial score (nSPS) is 18.3. The van der Waals surface area contributed by atoms with E-state index in [0.29, 0.717) is 38.7 Å². The van der Waals surface area contributed by atoms with Gasteiger partial charge in [0.25, 0.3) is 0 Å². The Morgan fingerprint density at radius 3 is 2.59 bits per heavy atom. The molecule has 0 saturated carbocycles. The minimum atomic E-state index is -0.219. The van der Waals surface area contributed by atoms with E-state index in [1.54, 1.807) is 4.90 Å². The first-order chi connectivity index (χ1) is 12.6. The predicted molar refractivity (Wildman–Crippen MR) is 117 cm³/mol. The molecule has 9 heteroatoms. The Bertz CT molecular complexity index is 495. The molecule has 2 saturated heterocycles. The van der Waals surface area contributed by atoms with E-state index in [9.17, 15) is 9.59 Å². The summed E-state index contributed by atoms with van der Waals surface area (Å²) < 4.78 is 5.05. The van der Waals surface area contributed by atoms with Crippen LogP contribution < -0.4 is 10.6 Å². The number of piperidine rings is 1. The lowest BCUT2D eigenvalue weighted by atomic mass is 10.1. The monoisotopic (exact) mass is 495 g/mol. The van der Waals surface area contributed by atoms with Crippen LogP contribution in [-0.4, -0.2) is 79.7 Å². The molecule has 0 bridgehead atoms. The van der Waals surface area contributed by atoms with Crippen LogP contribution in [0.1, 0.15) is 46.0 Å². The van der Waals surface area contributed by atoms with E-state index in [2.05, 4.69) is 15.6 Å². The van der Waals surface area contributed by atoms with E-state index >= 15 is 0 Å². The molecule has 0 spiro atoms. The number of carbonyl (C=O) groups is 2. The van der Waals surface area contributed by atoms with Gasteiger partial charge in [0.2, 0.25) is 5.91 Å². The highest BCUT2D eigenvalue weighted by Crippen LogP contribution is 2.12. The summed E-state index contributed by atoms with van der Waals surface area (Å²) in [4.78, 5) is 31.7. The molecular formula is C18H34IN5O3. The average Bonchev–Trinajstić information content (AvgIpc) is 3.04. The molecule has 156 valence electrons. The van der Waals surface area contributed by atoms with Gasteiger partial charge in [-0.15, -0.1) is 24.0 Å². The number of hydrogen-bond acceptors (Lipinski definition) is 4. The third kappa shape index (κ3) is 8.10. The number of likely N-dealkylation sites (tertiary alicyclic amines) is 2. The molecule has 0 aromatic heterocycles. The van der Waals surface area contributed by atoms with Crippen molar-refractivity contribution in [3.05, 3.63) is 0 Å². The van der Waals surface area contributed by atoms with Crippen molar-refractivity contribution in [1.29, 1.82) is 0 Å². The fourth-order valence-electron chi connectivity index (χ4n) is 3.33. The highest BCUT2D eigenvalue weighted by Gasteiger charge is 2.24. The summed E-state index contributed by atoms with van der Waals surface area (Å²) in [5, 5.41) is 6.74. The molecule has 0 aromatic rings. The molecule has 0 atom stereocenters. The summed E-state index contributed by atoms with van der Waals surface area (Å²) >= 11 is 0. The molecule has 0 aromatic carbocycles. The number of hydrogen-bond donors (Lipinski definition) is 2. The zero-order chi connectivity index (χ0) is 18.8. The second kappa shape index (κ2) is 13.0. The van der Waals surface area contributed by atoms with Gasteiger partial charge in [0.15, 0.2) is 5.96 Å². The molecule has 2 rings (SSSR count). The van der Waals surface area contributed by atoms with Crippen LogP contribution in [0, 0.1) is 0 Å². The Hall–Kier alpha value is -1.26. The lowest BCUT2D eigenvalue weighted by Gasteiger charge is -2.32. The topological polar surface area (TPSA) is 86.3 Å². The highest BCUT2D eigenvalue weighted by molar-refractivity contribution is 14.0. The van der Waals surface area contributed by atoms with Gasteiger partial charge in [-0.1, -0.05) is 0 Å². The first-order valence-electron chi connectivity index (χ1n) is 9.88. The van der Waals surface area contributed by atoms with Crippen LogP contribution >= 0.6 is 24.0 Å². The fourth-order valence-corrected chi connectivity index (χ4v) is 3.33. The van der Waals surface area contributed by atoms with Crippen molar-refractivity contribution in [2.24, 2.45) is 4.99 Å². The van der Waals surface area contributed by atoms with Crippen LogP contribution in [0.4, 0.5) is 4.79 Å². The van der Waals surface area contributed by atoms with E-state index in [-0.39, 0.29) is 36.0 Å². The minimum absolute atomic E-state index is 0. The van der Waals surface area contributed by atoms with Crippen molar-refractivity contribution in [3.63, 3.8) is 0 Å². The quantitative estimate of drug-likeness (QED) is 0.244. The minimum Gasteiger partial charge on any atom is -0.450 e. The SMILES string of the molecule is CCNC(=NCCCN1CCCC1=O)NC1CCN(C(=O)OCC)CC1.I. The standard InChI is InChI=1S/C18H33N5O3.HI/c1-3-19-17(20-10-6-12-22-11-5-7-16(22)24)21-15-8-13-23(14-9-15)18(25)26-4-2;/h15H,3-14H2,1-2H3,(H2,19,20,21);1H. The largest absolute Gasteiger partial charge is 0.450 e. The number of carbonyl (C=O) groups excluding carboxylic acids is 2. The van der Waals surface area contributed by atoms with Crippen LogP contribution in [0.25, 0.3) is 0 Å². The van der Waals surface area contributed by atoms with Crippen LogP contribution in [0.3, 0.4) is 0 Å². The van der Waals surface area contributed by atoms with Gasteiger partial charge in [-0.3, -0.25) is 9.79 Å². The average molecular weight is 495 g/mol. The Morgan fingerprint density at radius 1 is 1.26 bits per heavy atom. The second-order valence-electron chi connectivity index (χ2n) is 6.70. The third-order valence-corrected chi connectivity index (χ3v) is 4.73. The van der Waals surface area contributed by atoms with Gasteiger partial charge in [0.05, 0.1) is 6.61 Å². The van der Waals surface area contributed by atoms with Crippen molar-refractivity contribution >= 4 is 41.9 Å². The molecular weight excluding hydrogens is 461 g/mol. The summed E-state index contributed by atoms with van der Waals surface area (Å²) in [5.41, 5.74) is 0. The fraction of sp³-hybridized carbons (Fsp3) is 0.833. The number of nitrogens with one attached hydrogen (secondary N) is 2. The smallest absolute Gasteiger partial charge is 0.409 e. The lowest BCUT2D eigenvalue weighted by molar-refractivity contribution is -0.127. The van der Waals surface area contributed by atoms with Gasteiger partial charge in [0, 0.05) is 51.7 Å².